The SMILES string of the molecule is COCc1nnc2n1CCN(Cc1ccc3ccccc3n1)C(C)C2. The van der Waals surface area contributed by atoms with Gasteiger partial charge in [-0.2, -0.15) is 0 Å². The second-order valence-electron chi connectivity index (χ2n) is 6.64. The number of para-hydroxylation sites is 1. The summed E-state index contributed by atoms with van der Waals surface area (Å²) >= 11 is 0. The maximum atomic E-state index is 5.24. The van der Waals surface area contributed by atoms with E-state index >= 15 is 0 Å². The van der Waals surface area contributed by atoms with Crippen LogP contribution in [0, 0.1) is 0 Å². The third kappa shape index (κ3) is 3.27. The Hall–Kier alpha value is -2.31. The van der Waals surface area contributed by atoms with E-state index in [9.17, 15) is 0 Å². The number of rotatable bonds is 4. The van der Waals surface area contributed by atoms with Gasteiger partial charge in [0.1, 0.15) is 12.4 Å². The second-order valence-corrected chi connectivity index (χ2v) is 6.64. The average molecular weight is 337 g/mol. The van der Waals surface area contributed by atoms with Crippen molar-refractivity contribution < 1.29 is 4.74 Å². The van der Waals surface area contributed by atoms with Gasteiger partial charge in [-0.05, 0) is 19.1 Å². The Bertz CT molecular complexity index is 875. The molecule has 6 nitrogen and oxygen atoms in total. The number of ether oxygens (including phenoxy) is 1. The van der Waals surface area contributed by atoms with Crippen LogP contribution in [0.4, 0.5) is 0 Å². The topological polar surface area (TPSA) is 56.1 Å². The molecule has 2 aromatic heterocycles. The van der Waals surface area contributed by atoms with Gasteiger partial charge in [-0.3, -0.25) is 9.88 Å². The van der Waals surface area contributed by atoms with Crippen LogP contribution in [0.3, 0.4) is 0 Å². The van der Waals surface area contributed by atoms with Gasteiger partial charge in [0, 0.05) is 44.6 Å². The summed E-state index contributed by atoms with van der Waals surface area (Å²) in [6.45, 7) is 5.45. The van der Waals surface area contributed by atoms with E-state index in [0.717, 1.165) is 48.9 Å². The van der Waals surface area contributed by atoms with Crippen molar-refractivity contribution in [1.29, 1.82) is 0 Å². The largest absolute Gasteiger partial charge is 0.377 e. The molecule has 4 rings (SSSR count). The summed E-state index contributed by atoms with van der Waals surface area (Å²) in [6.07, 6.45) is 0.893. The summed E-state index contributed by atoms with van der Waals surface area (Å²) in [5.74, 6) is 1.96. The first-order chi connectivity index (χ1) is 12.2. The molecule has 0 aliphatic carbocycles. The number of fused-ring (bicyclic) bond motifs is 2. The van der Waals surface area contributed by atoms with Crippen molar-refractivity contribution in [2.45, 2.75) is 39.1 Å². The molecule has 3 heterocycles. The van der Waals surface area contributed by atoms with E-state index in [2.05, 4.69) is 50.9 Å². The lowest BCUT2D eigenvalue weighted by Gasteiger charge is -2.26. The number of hydrogen-bond acceptors (Lipinski definition) is 5. The molecule has 1 aliphatic heterocycles. The predicted octanol–water partition coefficient (Wildman–Crippen LogP) is 2.42. The normalized spacial score (nSPS) is 18.2. The Kier molecular flexibility index (Phi) is 4.46. The highest BCUT2D eigenvalue weighted by atomic mass is 16.5. The highest BCUT2D eigenvalue weighted by Gasteiger charge is 2.24. The fraction of sp³-hybridized carbons (Fsp3) is 0.421. The predicted molar refractivity (Wildman–Crippen MR) is 96.1 cm³/mol. The summed E-state index contributed by atoms with van der Waals surface area (Å²) in [5, 5.41) is 9.81. The van der Waals surface area contributed by atoms with E-state index in [1.807, 2.05) is 12.1 Å². The van der Waals surface area contributed by atoms with Crippen LogP contribution in [0.1, 0.15) is 24.3 Å². The Balaban J connectivity index is 1.53. The Morgan fingerprint density at radius 3 is 2.88 bits per heavy atom. The Morgan fingerprint density at radius 2 is 2.00 bits per heavy atom. The van der Waals surface area contributed by atoms with Gasteiger partial charge in [0.05, 0.1) is 11.2 Å². The van der Waals surface area contributed by atoms with E-state index in [1.165, 1.54) is 5.39 Å². The van der Waals surface area contributed by atoms with Crippen molar-refractivity contribution in [3.8, 4) is 0 Å². The lowest BCUT2D eigenvalue weighted by Crippen LogP contribution is -2.34. The zero-order chi connectivity index (χ0) is 17.2. The maximum Gasteiger partial charge on any atom is 0.159 e. The smallest absolute Gasteiger partial charge is 0.159 e. The first-order valence-corrected chi connectivity index (χ1v) is 8.73. The molecule has 0 bridgehead atoms. The molecule has 1 aromatic carbocycles. The summed E-state index contributed by atoms with van der Waals surface area (Å²) in [5.41, 5.74) is 2.17. The van der Waals surface area contributed by atoms with E-state index in [-0.39, 0.29) is 0 Å². The minimum atomic E-state index is 0.397. The van der Waals surface area contributed by atoms with Gasteiger partial charge in [0.2, 0.25) is 0 Å². The number of aromatic nitrogens is 4. The molecular formula is C19H23N5O. The van der Waals surface area contributed by atoms with Gasteiger partial charge in [-0.15, -0.1) is 10.2 Å². The van der Waals surface area contributed by atoms with E-state index in [0.29, 0.717) is 12.6 Å². The zero-order valence-corrected chi connectivity index (χ0v) is 14.7. The van der Waals surface area contributed by atoms with E-state index in [4.69, 9.17) is 9.72 Å². The minimum absolute atomic E-state index is 0.397. The molecule has 0 radical (unpaired) electrons. The molecule has 0 fully saturated rings. The molecule has 1 atom stereocenters. The van der Waals surface area contributed by atoms with Gasteiger partial charge < -0.3 is 9.30 Å². The van der Waals surface area contributed by atoms with Crippen LogP contribution in [0.15, 0.2) is 36.4 Å². The van der Waals surface area contributed by atoms with Gasteiger partial charge in [0.15, 0.2) is 5.82 Å². The quantitative estimate of drug-likeness (QED) is 0.732. The number of pyridine rings is 1. The molecule has 130 valence electrons. The molecular weight excluding hydrogens is 314 g/mol. The van der Waals surface area contributed by atoms with Crippen LogP contribution in [0.5, 0.6) is 0 Å². The van der Waals surface area contributed by atoms with Gasteiger partial charge in [-0.25, -0.2) is 0 Å². The summed E-state index contributed by atoms with van der Waals surface area (Å²) in [4.78, 5) is 7.30. The van der Waals surface area contributed by atoms with Gasteiger partial charge >= 0.3 is 0 Å². The van der Waals surface area contributed by atoms with Crippen LogP contribution >= 0.6 is 0 Å². The van der Waals surface area contributed by atoms with Crippen LogP contribution in [0.2, 0.25) is 0 Å². The highest BCUT2D eigenvalue weighted by Crippen LogP contribution is 2.18. The number of nitrogens with zero attached hydrogens (tertiary/aromatic N) is 5. The average Bonchev–Trinajstić information content (AvgIpc) is 2.92. The Labute approximate surface area is 147 Å². The third-order valence-electron chi connectivity index (χ3n) is 4.91. The highest BCUT2D eigenvalue weighted by molar-refractivity contribution is 5.78. The molecule has 1 unspecified atom stereocenters. The van der Waals surface area contributed by atoms with Crippen molar-refractivity contribution in [2.75, 3.05) is 13.7 Å². The minimum Gasteiger partial charge on any atom is -0.377 e. The fourth-order valence-corrected chi connectivity index (χ4v) is 3.50. The van der Waals surface area contributed by atoms with Crippen molar-refractivity contribution in [3.05, 3.63) is 53.7 Å². The van der Waals surface area contributed by atoms with E-state index < -0.39 is 0 Å². The van der Waals surface area contributed by atoms with Crippen molar-refractivity contribution >= 4 is 10.9 Å². The molecule has 0 spiro atoms. The second kappa shape index (κ2) is 6.90. The van der Waals surface area contributed by atoms with Crippen LogP contribution < -0.4 is 0 Å². The van der Waals surface area contributed by atoms with Gasteiger partial charge in [0.25, 0.3) is 0 Å². The van der Waals surface area contributed by atoms with Gasteiger partial charge in [-0.1, -0.05) is 24.3 Å². The molecule has 3 aromatic rings. The standard InChI is InChI=1S/C19H23N5O/c1-14-11-18-21-22-19(13-25-2)24(18)10-9-23(14)12-16-8-7-15-5-3-4-6-17(15)20-16/h3-8,14H,9-13H2,1-2H3. The molecule has 0 saturated carbocycles. The summed E-state index contributed by atoms with van der Waals surface area (Å²) in [6, 6.07) is 13.0. The number of methoxy groups -OCH3 is 1. The summed E-state index contributed by atoms with van der Waals surface area (Å²) < 4.78 is 7.44. The lowest BCUT2D eigenvalue weighted by atomic mass is 10.1. The number of benzene rings is 1. The van der Waals surface area contributed by atoms with Crippen LogP contribution in [0.25, 0.3) is 10.9 Å². The van der Waals surface area contributed by atoms with Crippen LogP contribution in [-0.4, -0.2) is 44.3 Å². The molecule has 6 heteroatoms. The van der Waals surface area contributed by atoms with E-state index in [1.54, 1.807) is 7.11 Å². The monoisotopic (exact) mass is 337 g/mol. The fourth-order valence-electron chi connectivity index (χ4n) is 3.50. The third-order valence-corrected chi connectivity index (χ3v) is 4.91. The number of hydrogen-bond donors (Lipinski definition) is 0. The first-order valence-electron chi connectivity index (χ1n) is 8.73. The zero-order valence-electron chi connectivity index (χ0n) is 14.7. The summed E-state index contributed by atoms with van der Waals surface area (Å²) in [7, 11) is 1.69. The van der Waals surface area contributed by atoms with Crippen molar-refractivity contribution in [2.24, 2.45) is 0 Å². The van der Waals surface area contributed by atoms with Crippen LogP contribution in [-0.2, 0) is 30.9 Å². The Morgan fingerprint density at radius 1 is 1.12 bits per heavy atom. The maximum absolute atomic E-state index is 5.24. The molecule has 0 N–H and O–H groups in total. The molecule has 25 heavy (non-hydrogen) atoms. The molecule has 0 saturated heterocycles. The first kappa shape index (κ1) is 16.2. The molecule has 1 aliphatic rings. The van der Waals surface area contributed by atoms with Crippen molar-refractivity contribution in [3.63, 3.8) is 0 Å². The molecule has 0 amide bonds. The van der Waals surface area contributed by atoms with Crippen molar-refractivity contribution in [1.82, 2.24) is 24.6 Å². The lowest BCUT2D eigenvalue weighted by molar-refractivity contribution is 0.170.